The van der Waals surface area contributed by atoms with E-state index in [0.717, 1.165) is 43.5 Å². The van der Waals surface area contributed by atoms with Gasteiger partial charge in [0.2, 0.25) is 0 Å². The van der Waals surface area contributed by atoms with Crippen LogP contribution in [0.3, 0.4) is 0 Å². The van der Waals surface area contributed by atoms with Gasteiger partial charge in [0.15, 0.2) is 5.96 Å². The number of nitrogens with zero attached hydrogens (tertiary/aromatic N) is 5. The Bertz CT molecular complexity index is 917. The van der Waals surface area contributed by atoms with Crippen molar-refractivity contribution >= 4 is 11.6 Å². The summed E-state index contributed by atoms with van der Waals surface area (Å²) in [5.74, 6) is 1.66. The minimum atomic E-state index is 0.571. The molecule has 7 heteroatoms. The number of hydrogen-bond donors (Lipinski definition) is 2. The lowest BCUT2D eigenvalue weighted by atomic mass is 10.2. The van der Waals surface area contributed by atoms with E-state index in [9.17, 15) is 0 Å². The van der Waals surface area contributed by atoms with Gasteiger partial charge in [-0.2, -0.15) is 0 Å². The van der Waals surface area contributed by atoms with E-state index in [1.165, 1.54) is 11.3 Å². The van der Waals surface area contributed by atoms with Crippen LogP contribution >= 0.6 is 0 Å². The summed E-state index contributed by atoms with van der Waals surface area (Å²) in [6.45, 7) is 10.5. The largest absolute Gasteiger partial charge is 0.370 e. The predicted molar refractivity (Wildman–Crippen MR) is 123 cm³/mol. The Balaban J connectivity index is 1.55. The molecule has 3 aromatic rings. The number of likely N-dealkylation sites (N-methyl/N-ethyl adjacent to an activating group) is 1. The van der Waals surface area contributed by atoms with Crippen LogP contribution in [0.5, 0.6) is 0 Å². The number of aromatic nitrogens is 3. The van der Waals surface area contributed by atoms with Crippen LogP contribution in [0.1, 0.15) is 25.0 Å². The first kappa shape index (κ1) is 21.4. The van der Waals surface area contributed by atoms with Gasteiger partial charge < -0.3 is 15.5 Å². The molecule has 0 fully saturated rings. The average molecular weight is 406 g/mol. The van der Waals surface area contributed by atoms with Crippen molar-refractivity contribution in [1.29, 1.82) is 0 Å². The van der Waals surface area contributed by atoms with Gasteiger partial charge in [-0.05, 0) is 50.1 Å². The van der Waals surface area contributed by atoms with Gasteiger partial charge in [-0.15, -0.1) is 0 Å². The van der Waals surface area contributed by atoms with Gasteiger partial charge in [-0.25, -0.2) is 15.0 Å². The van der Waals surface area contributed by atoms with E-state index in [2.05, 4.69) is 70.5 Å². The summed E-state index contributed by atoms with van der Waals surface area (Å²) in [5.41, 5.74) is 3.60. The highest BCUT2D eigenvalue weighted by Gasteiger charge is 2.05. The van der Waals surface area contributed by atoms with Gasteiger partial charge >= 0.3 is 0 Å². The molecule has 0 atom stereocenters. The van der Waals surface area contributed by atoms with E-state index < -0.39 is 0 Å². The van der Waals surface area contributed by atoms with E-state index in [-0.39, 0.29) is 0 Å². The number of hydrogen-bond acceptors (Lipinski definition) is 4. The summed E-state index contributed by atoms with van der Waals surface area (Å²) in [7, 11) is 0. The van der Waals surface area contributed by atoms with Gasteiger partial charge in [0.05, 0.1) is 6.54 Å². The zero-order valence-corrected chi connectivity index (χ0v) is 18.0. The monoisotopic (exact) mass is 405 g/mol. The highest BCUT2D eigenvalue weighted by molar-refractivity contribution is 5.79. The average Bonchev–Trinajstić information content (AvgIpc) is 3.30. The lowest BCUT2D eigenvalue weighted by Gasteiger charge is -2.24. The second-order valence-electron chi connectivity index (χ2n) is 7.04. The molecule has 0 bridgehead atoms. The summed E-state index contributed by atoms with van der Waals surface area (Å²) in [4.78, 5) is 15.6. The zero-order valence-electron chi connectivity index (χ0n) is 18.0. The molecule has 0 saturated heterocycles. The van der Waals surface area contributed by atoms with Gasteiger partial charge in [0, 0.05) is 50.5 Å². The number of rotatable bonds is 9. The van der Waals surface area contributed by atoms with E-state index in [1.807, 2.05) is 29.1 Å². The molecule has 30 heavy (non-hydrogen) atoms. The summed E-state index contributed by atoms with van der Waals surface area (Å²) < 4.78 is 1.88. The fourth-order valence-electron chi connectivity index (χ4n) is 3.17. The summed E-state index contributed by atoms with van der Waals surface area (Å²) in [6, 6.07) is 12.7. The Hall–Kier alpha value is -3.35. The van der Waals surface area contributed by atoms with E-state index in [4.69, 9.17) is 4.99 Å². The van der Waals surface area contributed by atoms with Crippen LogP contribution in [0.15, 0.2) is 66.3 Å². The smallest absolute Gasteiger partial charge is 0.191 e. The zero-order chi connectivity index (χ0) is 21.2. The number of benzene rings is 1. The first-order valence-corrected chi connectivity index (χ1v) is 10.5. The van der Waals surface area contributed by atoms with Crippen molar-refractivity contribution in [2.24, 2.45) is 4.99 Å². The fraction of sp³-hybridized carbons (Fsp3) is 0.348. The second-order valence-corrected chi connectivity index (χ2v) is 7.04. The number of pyridine rings is 1. The van der Waals surface area contributed by atoms with E-state index in [0.29, 0.717) is 6.54 Å². The summed E-state index contributed by atoms with van der Waals surface area (Å²) in [5, 5.41) is 6.75. The first-order valence-electron chi connectivity index (χ1n) is 10.5. The quantitative estimate of drug-likeness (QED) is 0.423. The Kier molecular flexibility index (Phi) is 7.83. The number of imidazole rings is 1. The molecule has 2 aromatic heterocycles. The van der Waals surface area contributed by atoms with Crippen molar-refractivity contribution in [2.75, 3.05) is 31.1 Å². The van der Waals surface area contributed by atoms with Crippen LogP contribution in [0, 0.1) is 6.92 Å². The van der Waals surface area contributed by atoms with Crippen molar-refractivity contribution in [3.63, 3.8) is 0 Å². The maximum absolute atomic E-state index is 4.70. The molecule has 3 rings (SSSR count). The number of aryl methyl sites for hydroxylation is 1. The third kappa shape index (κ3) is 6.07. The standard InChI is InChI=1S/C23H31N7/c1-4-25-23(26-12-14-29(5-2)21-8-6-7-19(3)15-21)28-17-20-9-10-22(27-16-20)30-13-11-24-18-30/h6-11,13,15-16,18H,4-5,12,14,17H2,1-3H3,(H2,25,26,28). The summed E-state index contributed by atoms with van der Waals surface area (Å²) >= 11 is 0. The third-order valence-corrected chi connectivity index (χ3v) is 4.76. The Morgan fingerprint density at radius 2 is 2.07 bits per heavy atom. The molecule has 7 nitrogen and oxygen atoms in total. The minimum absolute atomic E-state index is 0.571. The van der Waals surface area contributed by atoms with Gasteiger partial charge in [0.25, 0.3) is 0 Å². The van der Waals surface area contributed by atoms with Crippen LogP contribution in [-0.4, -0.2) is 46.7 Å². The minimum Gasteiger partial charge on any atom is -0.370 e. The SMILES string of the molecule is CCNC(=NCc1ccc(-n2ccnc2)nc1)NCCN(CC)c1cccc(C)c1. The van der Waals surface area contributed by atoms with Crippen LogP contribution in [-0.2, 0) is 6.54 Å². The maximum Gasteiger partial charge on any atom is 0.191 e. The highest BCUT2D eigenvalue weighted by atomic mass is 15.2. The lowest BCUT2D eigenvalue weighted by molar-refractivity contribution is 0.751. The molecular formula is C23H31N7. The normalized spacial score (nSPS) is 11.4. The molecule has 0 radical (unpaired) electrons. The number of nitrogens with one attached hydrogen (secondary N) is 2. The highest BCUT2D eigenvalue weighted by Crippen LogP contribution is 2.15. The van der Waals surface area contributed by atoms with Crippen LogP contribution < -0.4 is 15.5 Å². The predicted octanol–water partition coefficient (Wildman–Crippen LogP) is 3.16. The molecule has 0 saturated carbocycles. The molecule has 2 N–H and O–H groups in total. The molecule has 0 spiro atoms. The Morgan fingerprint density at radius 3 is 2.73 bits per heavy atom. The molecule has 1 aromatic carbocycles. The topological polar surface area (TPSA) is 70.4 Å². The van der Waals surface area contributed by atoms with Crippen LogP contribution in [0.2, 0.25) is 0 Å². The Morgan fingerprint density at radius 1 is 1.17 bits per heavy atom. The number of anilines is 1. The van der Waals surface area contributed by atoms with Crippen LogP contribution in [0.4, 0.5) is 5.69 Å². The van der Waals surface area contributed by atoms with Crippen molar-refractivity contribution in [1.82, 2.24) is 25.2 Å². The number of aliphatic imine (C=N–C) groups is 1. The molecule has 0 aliphatic heterocycles. The van der Waals surface area contributed by atoms with Gasteiger partial charge in [-0.3, -0.25) is 4.57 Å². The molecule has 0 amide bonds. The number of guanidine groups is 1. The molecule has 0 aliphatic rings. The van der Waals surface area contributed by atoms with Gasteiger partial charge in [0.1, 0.15) is 12.1 Å². The molecule has 2 heterocycles. The van der Waals surface area contributed by atoms with Crippen LogP contribution in [0.25, 0.3) is 5.82 Å². The molecule has 158 valence electrons. The Labute approximate surface area is 178 Å². The van der Waals surface area contributed by atoms with E-state index in [1.54, 1.807) is 12.5 Å². The summed E-state index contributed by atoms with van der Waals surface area (Å²) in [6.07, 6.45) is 7.22. The third-order valence-electron chi connectivity index (χ3n) is 4.76. The van der Waals surface area contributed by atoms with Crippen molar-refractivity contribution in [2.45, 2.75) is 27.3 Å². The van der Waals surface area contributed by atoms with Gasteiger partial charge in [-0.1, -0.05) is 18.2 Å². The molecular weight excluding hydrogens is 374 g/mol. The first-order chi connectivity index (χ1) is 14.7. The fourth-order valence-corrected chi connectivity index (χ4v) is 3.17. The molecule has 0 unspecified atom stereocenters. The molecule has 0 aliphatic carbocycles. The lowest BCUT2D eigenvalue weighted by Crippen LogP contribution is -2.41. The van der Waals surface area contributed by atoms with Crippen molar-refractivity contribution in [3.05, 3.63) is 72.4 Å². The van der Waals surface area contributed by atoms with Crippen molar-refractivity contribution < 1.29 is 0 Å². The van der Waals surface area contributed by atoms with E-state index >= 15 is 0 Å². The van der Waals surface area contributed by atoms with Crippen molar-refractivity contribution in [3.8, 4) is 5.82 Å². The maximum atomic E-state index is 4.70. The second kappa shape index (κ2) is 11.0.